The maximum absolute atomic E-state index is 8.75. The van der Waals surface area contributed by atoms with Crippen molar-refractivity contribution in [3.8, 4) is 6.07 Å². The Balaban J connectivity index is 3.09. The van der Waals surface area contributed by atoms with E-state index in [1.807, 2.05) is 19.2 Å². The Morgan fingerprint density at radius 1 is 1.77 bits per heavy atom. The van der Waals surface area contributed by atoms with Crippen LogP contribution in [0.15, 0.2) is 11.0 Å². The summed E-state index contributed by atoms with van der Waals surface area (Å²) in [4.78, 5) is 4.21. The van der Waals surface area contributed by atoms with E-state index >= 15 is 0 Å². The molecular formula is C9H11N3S. The van der Waals surface area contributed by atoms with Crippen molar-refractivity contribution < 1.29 is 0 Å². The number of hydrogen-bond acceptors (Lipinski definition) is 4. The molecule has 13 heavy (non-hydrogen) atoms. The summed E-state index contributed by atoms with van der Waals surface area (Å²) >= 11 is 1.54. The maximum Gasteiger partial charge on any atom is 0.0981 e. The number of aryl methyl sites for hydroxylation is 1. The standard InChI is InChI=1S/C9H11N3S/c1-3-7(4-10)9(11)8-5-13-6(2)12-8/h5H,3,11H2,1-2H3. The predicted octanol–water partition coefficient (Wildman–Crippen LogP) is 2.05. The van der Waals surface area contributed by atoms with E-state index in [0.29, 0.717) is 17.7 Å². The molecule has 0 saturated carbocycles. The monoisotopic (exact) mass is 193 g/mol. The van der Waals surface area contributed by atoms with Gasteiger partial charge in [0.1, 0.15) is 0 Å². The van der Waals surface area contributed by atoms with Gasteiger partial charge >= 0.3 is 0 Å². The van der Waals surface area contributed by atoms with Crippen LogP contribution in [0.4, 0.5) is 0 Å². The van der Waals surface area contributed by atoms with E-state index in [2.05, 4.69) is 11.1 Å². The largest absolute Gasteiger partial charge is 0.396 e. The van der Waals surface area contributed by atoms with Crippen LogP contribution in [0.2, 0.25) is 0 Å². The molecule has 0 aliphatic carbocycles. The second-order valence-electron chi connectivity index (χ2n) is 2.61. The van der Waals surface area contributed by atoms with Crippen molar-refractivity contribution in [1.29, 1.82) is 5.26 Å². The van der Waals surface area contributed by atoms with Crippen LogP contribution in [0.1, 0.15) is 24.0 Å². The van der Waals surface area contributed by atoms with Crippen LogP contribution in [-0.4, -0.2) is 4.98 Å². The lowest BCUT2D eigenvalue weighted by atomic mass is 10.1. The van der Waals surface area contributed by atoms with Gasteiger partial charge in [0.2, 0.25) is 0 Å². The molecule has 0 aromatic carbocycles. The number of rotatable bonds is 2. The van der Waals surface area contributed by atoms with Gasteiger partial charge in [-0.3, -0.25) is 0 Å². The highest BCUT2D eigenvalue weighted by molar-refractivity contribution is 7.09. The molecule has 0 spiro atoms. The first-order chi connectivity index (χ1) is 6.19. The van der Waals surface area contributed by atoms with Crippen LogP contribution in [0, 0.1) is 18.3 Å². The SMILES string of the molecule is CCC(C#N)=C(N)c1csc(C)n1. The second-order valence-corrected chi connectivity index (χ2v) is 3.67. The minimum absolute atomic E-state index is 0.509. The van der Waals surface area contributed by atoms with Crippen LogP contribution in [-0.2, 0) is 0 Å². The van der Waals surface area contributed by atoms with Crippen molar-refractivity contribution >= 4 is 17.0 Å². The molecule has 0 saturated heterocycles. The van der Waals surface area contributed by atoms with Gasteiger partial charge in [-0.2, -0.15) is 5.26 Å². The van der Waals surface area contributed by atoms with Gasteiger partial charge in [-0.05, 0) is 13.3 Å². The molecule has 1 rings (SSSR count). The van der Waals surface area contributed by atoms with Gasteiger partial charge in [-0.25, -0.2) is 4.98 Å². The quantitative estimate of drug-likeness (QED) is 0.731. The number of nitrogens with zero attached hydrogens (tertiary/aromatic N) is 2. The van der Waals surface area contributed by atoms with Crippen molar-refractivity contribution in [2.75, 3.05) is 0 Å². The third-order valence-electron chi connectivity index (χ3n) is 1.71. The fraction of sp³-hybridized carbons (Fsp3) is 0.333. The van der Waals surface area contributed by atoms with E-state index in [4.69, 9.17) is 11.0 Å². The fourth-order valence-corrected chi connectivity index (χ4v) is 1.58. The molecule has 0 unspecified atom stereocenters. The lowest BCUT2D eigenvalue weighted by Crippen LogP contribution is -2.00. The molecule has 0 atom stereocenters. The molecule has 0 fully saturated rings. The molecule has 0 radical (unpaired) electrons. The zero-order valence-electron chi connectivity index (χ0n) is 7.66. The Bertz CT molecular complexity index is 370. The van der Waals surface area contributed by atoms with E-state index in [1.165, 1.54) is 11.3 Å². The number of aromatic nitrogens is 1. The van der Waals surface area contributed by atoms with Gasteiger partial charge < -0.3 is 5.73 Å². The fourth-order valence-electron chi connectivity index (χ4n) is 0.971. The summed E-state index contributed by atoms with van der Waals surface area (Å²) in [5.41, 5.74) is 7.61. The molecule has 2 N–H and O–H groups in total. The minimum atomic E-state index is 0.509. The summed E-state index contributed by atoms with van der Waals surface area (Å²) in [6.45, 7) is 3.82. The van der Waals surface area contributed by atoms with Crippen LogP contribution >= 0.6 is 11.3 Å². The molecule has 1 heterocycles. The van der Waals surface area contributed by atoms with E-state index < -0.39 is 0 Å². The summed E-state index contributed by atoms with van der Waals surface area (Å²) in [6, 6.07) is 2.08. The van der Waals surface area contributed by atoms with Gasteiger partial charge in [0.15, 0.2) is 0 Å². The average Bonchev–Trinajstić information content (AvgIpc) is 2.54. The van der Waals surface area contributed by atoms with Gasteiger partial charge in [-0.1, -0.05) is 6.92 Å². The van der Waals surface area contributed by atoms with Crippen LogP contribution in [0.25, 0.3) is 5.70 Å². The Hall–Kier alpha value is -1.34. The topological polar surface area (TPSA) is 62.7 Å². The Morgan fingerprint density at radius 3 is 2.85 bits per heavy atom. The number of hydrogen-bond donors (Lipinski definition) is 1. The first kappa shape index (κ1) is 9.75. The zero-order chi connectivity index (χ0) is 9.84. The summed E-state index contributed by atoms with van der Waals surface area (Å²) in [7, 11) is 0. The van der Waals surface area contributed by atoms with Crippen molar-refractivity contribution in [3.05, 3.63) is 21.7 Å². The first-order valence-corrected chi connectivity index (χ1v) is 4.88. The maximum atomic E-state index is 8.75. The van der Waals surface area contributed by atoms with Gasteiger partial charge in [0.05, 0.1) is 28.0 Å². The molecule has 0 aliphatic heterocycles. The van der Waals surface area contributed by atoms with Gasteiger partial charge in [0.25, 0.3) is 0 Å². The molecule has 0 aliphatic rings. The van der Waals surface area contributed by atoms with Gasteiger partial charge in [0, 0.05) is 5.38 Å². The van der Waals surface area contributed by atoms with Crippen LogP contribution in [0.3, 0.4) is 0 Å². The van der Waals surface area contributed by atoms with E-state index in [0.717, 1.165) is 10.7 Å². The number of nitrogens with two attached hydrogens (primary N) is 1. The second kappa shape index (κ2) is 4.06. The average molecular weight is 193 g/mol. The first-order valence-electron chi connectivity index (χ1n) is 4.00. The van der Waals surface area contributed by atoms with Crippen molar-refractivity contribution in [2.45, 2.75) is 20.3 Å². The zero-order valence-corrected chi connectivity index (χ0v) is 8.48. The summed E-state index contributed by atoms with van der Waals surface area (Å²) < 4.78 is 0. The Labute approximate surface area is 81.5 Å². The normalized spacial score (nSPS) is 12.1. The Morgan fingerprint density at radius 2 is 2.46 bits per heavy atom. The smallest absolute Gasteiger partial charge is 0.0981 e. The van der Waals surface area contributed by atoms with Crippen molar-refractivity contribution in [2.24, 2.45) is 5.73 Å². The highest BCUT2D eigenvalue weighted by atomic mass is 32.1. The van der Waals surface area contributed by atoms with E-state index in [9.17, 15) is 0 Å². The van der Waals surface area contributed by atoms with E-state index in [1.54, 1.807) is 0 Å². The summed E-state index contributed by atoms with van der Waals surface area (Å²) in [5, 5.41) is 11.6. The molecule has 3 nitrogen and oxygen atoms in total. The van der Waals surface area contributed by atoms with E-state index in [-0.39, 0.29) is 0 Å². The van der Waals surface area contributed by atoms with Crippen molar-refractivity contribution in [1.82, 2.24) is 4.98 Å². The van der Waals surface area contributed by atoms with Crippen LogP contribution in [0.5, 0.6) is 0 Å². The molecule has 68 valence electrons. The predicted molar refractivity (Wildman–Crippen MR) is 53.9 cm³/mol. The molecule has 1 aromatic rings. The molecule has 4 heteroatoms. The number of thiazole rings is 1. The Kier molecular flexibility index (Phi) is 3.04. The molecule has 0 bridgehead atoms. The van der Waals surface area contributed by atoms with Crippen molar-refractivity contribution in [3.63, 3.8) is 0 Å². The van der Waals surface area contributed by atoms with Crippen LogP contribution < -0.4 is 5.73 Å². The minimum Gasteiger partial charge on any atom is -0.396 e. The number of allylic oxidation sites excluding steroid dienone is 1. The third kappa shape index (κ3) is 2.07. The van der Waals surface area contributed by atoms with Gasteiger partial charge in [-0.15, -0.1) is 11.3 Å². The third-order valence-corrected chi connectivity index (χ3v) is 2.48. The lowest BCUT2D eigenvalue weighted by Gasteiger charge is -1.98. The molecule has 1 aromatic heterocycles. The summed E-state index contributed by atoms with van der Waals surface area (Å²) in [6.07, 6.45) is 0.652. The molecule has 0 amide bonds. The highest BCUT2D eigenvalue weighted by Gasteiger charge is 2.06. The number of nitriles is 1. The molecular weight excluding hydrogens is 182 g/mol. The highest BCUT2D eigenvalue weighted by Crippen LogP contribution is 2.17. The lowest BCUT2D eigenvalue weighted by molar-refractivity contribution is 1.13. The summed E-state index contributed by atoms with van der Waals surface area (Å²) in [5.74, 6) is 0.